The molecule has 0 radical (unpaired) electrons. The molecule has 0 saturated heterocycles. The molecule has 0 bridgehead atoms. The van der Waals surface area contributed by atoms with Gasteiger partial charge in [0, 0.05) is 27.8 Å². The van der Waals surface area contributed by atoms with Gasteiger partial charge in [-0.25, -0.2) is 0 Å². The van der Waals surface area contributed by atoms with Crippen molar-refractivity contribution in [3.63, 3.8) is 0 Å². The molecule has 1 aromatic heterocycles. The maximum absolute atomic E-state index is 6.20. The molecular weight excluding hydrogens is 607 g/mol. The highest BCUT2D eigenvalue weighted by Gasteiger charge is 2.16. The average Bonchev–Trinajstić information content (AvgIpc) is 3.58. The van der Waals surface area contributed by atoms with Crippen molar-refractivity contribution in [1.82, 2.24) is 0 Å². The van der Waals surface area contributed by atoms with Gasteiger partial charge >= 0.3 is 0 Å². The lowest BCUT2D eigenvalue weighted by Gasteiger charge is -2.28. The zero-order chi connectivity index (χ0) is 33.0. The lowest BCUT2D eigenvalue weighted by Crippen LogP contribution is -2.16. The zero-order valence-corrected chi connectivity index (χ0v) is 27.5. The molecule has 9 aromatic rings. The summed E-state index contributed by atoms with van der Waals surface area (Å²) in [7, 11) is 0. The molecule has 2 nitrogen and oxygen atoms in total. The van der Waals surface area contributed by atoms with E-state index in [9.17, 15) is 0 Å². The van der Waals surface area contributed by atoms with Gasteiger partial charge < -0.3 is 9.32 Å². The molecule has 0 aliphatic heterocycles. The third-order valence-electron chi connectivity index (χ3n) is 10.3. The molecule has 2 heteroatoms. The van der Waals surface area contributed by atoms with Crippen LogP contribution in [0.15, 0.2) is 186 Å². The monoisotopic (exact) mass is 639 g/mol. The summed E-state index contributed by atoms with van der Waals surface area (Å²) in [4.78, 5) is 2.37. The molecule has 0 spiro atoms. The fraction of sp³-hybridized carbons (Fsp3) is 0.0417. The molecule has 0 N–H and O–H groups in total. The molecule has 0 fully saturated rings. The Kier molecular flexibility index (Phi) is 6.67. The van der Waals surface area contributed by atoms with Gasteiger partial charge in [0.2, 0.25) is 0 Å². The summed E-state index contributed by atoms with van der Waals surface area (Å²) in [5.74, 6) is 0. The summed E-state index contributed by atoms with van der Waals surface area (Å²) >= 11 is 0. The molecule has 236 valence electrons. The highest BCUT2D eigenvalue weighted by molar-refractivity contribution is 6.19. The van der Waals surface area contributed by atoms with Crippen LogP contribution in [0, 0.1) is 0 Å². The van der Waals surface area contributed by atoms with Crippen LogP contribution >= 0.6 is 0 Å². The lowest BCUT2D eigenvalue weighted by molar-refractivity contribution is 0.669. The van der Waals surface area contributed by atoms with Crippen LogP contribution in [0.3, 0.4) is 0 Å². The Morgan fingerprint density at radius 1 is 0.420 bits per heavy atom. The minimum Gasteiger partial charge on any atom is -0.456 e. The minimum absolute atomic E-state index is 0.926. The molecule has 0 atom stereocenters. The van der Waals surface area contributed by atoms with Crippen molar-refractivity contribution in [2.75, 3.05) is 4.90 Å². The van der Waals surface area contributed by atoms with Gasteiger partial charge in [-0.1, -0.05) is 121 Å². The summed E-state index contributed by atoms with van der Waals surface area (Å²) in [5, 5.41) is 9.89. The second kappa shape index (κ2) is 11.6. The Bertz CT molecular complexity index is 2800. The molecule has 8 aromatic carbocycles. The molecular formula is C48H33NO. The Morgan fingerprint density at radius 3 is 1.68 bits per heavy atom. The first kappa shape index (κ1) is 28.6. The van der Waals surface area contributed by atoms with Crippen molar-refractivity contribution < 1.29 is 4.42 Å². The molecule has 1 aliphatic carbocycles. The lowest BCUT2D eigenvalue weighted by atomic mass is 9.97. The van der Waals surface area contributed by atoms with E-state index in [1.54, 1.807) is 0 Å². The third kappa shape index (κ3) is 4.80. The van der Waals surface area contributed by atoms with Gasteiger partial charge in [0.15, 0.2) is 0 Å². The third-order valence-corrected chi connectivity index (χ3v) is 10.3. The number of rotatable bonds is 5. The number of furan rings is 1. The number of hydrogen-bond donors (Lipinski definition) is 0. The Balaban J connectivity index is 1.01. The second-order valence-electron chi connectivity index (χ2n) is 13.2. The molecule has 0 unspecified atom stereocenters. The number of fused-ring (bicyclic) bond motifs is 8. The van der Waals surface area contributed by atoms with Gasteiger partial charge in [-0.05, 0) is 122 Å². The fourth-order valence-electron chi connectivity index (χ4n) is 7.72. The van der Waals surface area contributed by atoms with Crippen LogP contribution < -0.4 is 4.90 Å². The van der Waals surface area contributed by atoms with Gasteiger partial charge in [0.25, 0.3) is 0 Å². The standard InChI is InChI=1S/C48H33NO/c1-2-9-39(10-3-1)49(40-25-20-32(21-26-40)37-18-16-35-15-14-34-8-4-5-11-42(34)44(35)30-37)41-27-22-33(23-28-41)38-19-17-36-24-29-47-48(45(36)31-38)43-12-6-7-13-46(43)50-47/h2,4-31H,1,3H2. The average molecular weight is 640 g/mol. The fourth-order valence-corrected chi connectivity index (χ4v) is 7.72. The second-order valence-corrected chi connectivity index (χ2v) is 13.2. The van der Waals surface area contributed by atoms with Crippen molar-refractivity contribution in [3.8, 4) is 22.3 Å². The summed E-state index contributed by atoms with van der Waals surface area (Å²) in [6.45, 7) is 0. The van der Waals surface area contributed by atoms with Crippen molar-refractivity contribution in [2.45, 2.75) is 12.8 Å². The molecule has 0 amide bonds. The van der Waals surface area contributed by atoms with Crippen LogP contribution in [-0.4, -0.2) is 0 Å². The topological polar surface area (TPSA) is 16.4 Å². The van der Waals surface area contributed by atoms with Crippen molar-refractivity contribution >= 4 is 65.6 Å². The largest absolute Gasteiger partial charge is 0.456 e. The predicted octanol–water partition coefficient (Wildman–Crippen LogP) is 13.8. The molecule has 50 heavy (non-hydrogen) atoms. The van der Waals surface area contributed by atoms with Gasteiger partial charge in [-0.15, -0.1) is 0 Å². The van der Waals surface area contributed by atoms with Crippen molar-refractivity contribution in [1.29, 1.82) is 0 Å². The molecule has 1 aliphatic rings. The first-order valence-corrected chi connectivity index (χ1v) is 17.4. The van der Waals surface area contributed by atoms with Crippen molar-refractivity contribution in [2.24, 2.45) is 0 Å². The van der Waals surface area contributed by atoms with Gasteiger partial charge in [0.05, 0.1) is 0 Å². The highest BCUT2D eigenvalue weighted by Crippen LogP contribution is 2.39. The SMILES string of the molecule is C1=CC(N(c2ccc(-c3ccc4ccc5ccccc5c4c3)cc2)c2ccc(-c3ccc4ccc5oc6ccccc6c5c4c3)cc2)=CCC1. The summed E-state index contributed by atoms with van der Waals surface area (Å²) < 4.78 is 6.20. The van der Waals surface area contributed by atoms with E-state index < -0.39 is 0 Å². The Hall–Kier alpha value is -6.38. The summed E-state index contributed by atoms with van der Waals surface area (Å²) in [5.41, 5.74) is 10.2. The Morgan fingerprint density at radius 2 is 0.980 bits per heavy atom. The zero-order valence-electron chi connectivity index (χ0n) is 27.5. The van der Waals surface area contributed by atoms with E-state index in [1.165, 1.54) is 65.7 Å². The minimum atomic E-state index is 0.926. The normalized spacial score (nSPS) is 13.1. The van der Waals surface area contributed by atoms with E-state index in [0.717, 1.165) is 40.8 Å². The Labute approximate surface area is 290 Å². The van der Waals surface area contributed by atoms with E-state index in [2.05, 4.69) is 169 Å². The number of allylic oxidation sites excluding steroid dienone is 3. The van der Waals surface area contributed by atoms with Crippen LogP contribution in [0.5, 0.6) is 0 Å². The van der Waals surface area contributed by atoms with Crippen molar-refractivity contribution in [3.05, 3.63) is 182 Å². The van der Waals surface area contributed by atoms with E-state index in [0.29, 0.717) is 0 Å². The molecule has 0 saturated carbocycles. The number of anilines is 2. The van der Waals surface area contributed by atoms with E-state index in [-0.39, 0.29) is 0 Å². The maximum Gasteiger partial charge on any atom is 0.136 e. The smallest absolute Gasteiger partial charge is 0.136 e. The van der Waals surface area contributed by atoms with Gasteiger partial charge in [0.1, 0.15) is 11.2 Å². The van der Waals surface area contributed by atoms with Crippen LogP contribution in [-0.2, 0) is 0 Å². The number of para-hydroxylation sites is 1. The first-order chi connectivity index (χ1) is 24.8. The van der Waals surface area contributed by atoms with Crippen LogP contribution in [0.4, 0.5) is 11.4 Å². The maximum atomic E-state index is 6.20. The van der Waals surface area contributed by atoms with Crippen LogP contribution in [0.25, 0.3) is 76.5 Å². The molecule has 10 rings (SSSR count). The van der Waals surface area contributed by atoms with E-state index in [4.69, 9.17) is 4.42 Å². The van der Waals surface area contributed by atoms with Gasteiger partial charge in [-0.2, -0.15) is 0 Å². The highest BCUT2D eigenvalue weighted by atomic mass is 16.3. The first-order valence-electron chi connectivity index (χ1n) is 17.4. The van der Waals surface area contributed by atoms with Crippen LogP contribution in [0.1, 0.15) is 12.8 Å². The van der Waals surface area contributed by atoms with Gasteiger partial charge in [-0.3, -0.25) is 0 Å². The summed E-state index contributed by atoms with van der Waals surface area (Å²) in [6.07, 6.45) is 8.99. The quantitative estimate of drug-likeness (QED) is 0.174. The number of benzene rings is 8. The molecule has 1 heterocycles. The van der Waals surface area contributed by atoms with E-state index >= 15 is 0 Å². The number of nitrogens with zero attached hydrogens (tertiary/aromatic N) is 1. The predicted molar refractivity (Wildman–Crippen MR) is 212 cm³/mol. The van der Waals surface area contributed by atoms with Crippen LogP contribution in [0.2, 0.25) is 0 Å². The van der Waals surface area contributed by atoms with E-state index in [1.807, 2.05) is 12.1 Å². The summed E-state index contributed by atoms with van der Waals surface area (Å²) in [6, 6.07) is 57.2. The number of hydrogen-bond acceptors (Lipinski definition) is 2.